The molecule has 2 amide bonds. The van der Waals surface area contributed by atoms with Gasteiger partial charge in [0.05, 0.1) is 16.9 Å². The van der Waals surface area contributed by atoms with E-state index in [0.29, 0.717) is 23.8 Å². The van der Waals surface area contributed by atoms with Crippen LogP contribution in [-0.2, 0) is 4.79 Å². The molecule has 0 bridgehead atoms. The lowest BCUT2D eigenvalue weighted by Gasteiger charge is -2.24. The number of anilines is 2. The summed E-state index contributed by atoms with van der Waals surface area (Å²) in [5.41, 5.74) is 1.96. The van der Waals surface area contributed by atoms with Gasteiger partial charge >= 0.3 is 0 Å². The molecule has 1 unspecified atom stereocenters. The van der Waals surface area contributed by atoms with E-state index in [1.165, 1.54) is 6.20 Å². The van der Waals surface area contributed by atoms with Crippen LogP contribution in [0.15, 0.2) is 42.6 Å². The zero-order chi connectivity index (χ0) is 17.3. The molecule has 1 aliphatic heterocycles. The minimum Gasteiger partial charge on any atom is -0.310 e. The van der Waals surface area contributed by atoms with E-state index in [1.807, 2.05) is 31.2 Å². The molecule has 0 saturated heterocycles. The van der Waals surface area contributed by atoms with Crippen LogP contribution in [0.25, 0.3) is 0 Å². The predicted octanol–water partition coefficient (Wildman–Crippen LogP) is 3.38. The fourth-order valence-electron chi connectivity index (χ4n) is 2.95. The number of rotatable bonds is 1. The van der Waals surface area contributed by atoms with Crippen molar-refractivity contribution in [1.29, 1.82) is 0 Å². The molecule has 0 saturated carbocycles. The molecule has 1 aromatic heterocycles. The monoisotopic (exact) mass is 343 g/mol. The number of amides is 2. The Labute approximate surface area is 145 Å². The summed E-state index contributed by atoms with van der Waals surface area (Å²) in [6.45, 7) is 4.68. The molecule has 1 aliphatic rings. The van der Waals surface area contributed by atoms with Crippen molar-refractivity contribution in [2.75, 3.05) is 22.9 Å². The molecule has 24 heavy (non-hydrogen) atoms. The molecule has 124 valence electrons. The molecular formula is C18H18ClN3O2. The molecule has 0 radical (unpaired) electrons. The van der Waals surface area contributed by atoms with Crippen LogP contribution in [0.5, 0.6) is 0 Å². The van der Waals surface area contributed by atoms with Crippen LogP contribution in [-0.4, -0.2) is 29.9 Å². The average molecular weight is 344 g/mol. The van der Waals surface area contributed by atoms with Gasteiger partial charge in [0.2, 0.25) is 5.91 Å². The lowest BCUT2D eigenvalue weighted by atomic mass is 10.1. The molecule has 1 aromatic carbocycles. The van der Waals surface area contributed by atoms with Gasteiger partial charge < -0.3 is 9.80 Å². The Bertz CT molecular complexity index is 776. The first-order valence-corrected chi connectivity index (χ1v) is 8.15. The number of halogens is 1. The zero-order valence-corrected chi connectivity index (χ0v) is 14.3. The SMILES string of the molecule is CC(=O)N1CC(C)CN(C(=O)c2ccc(Cl)nc2)c2ccccc21. The number of nitrogens with zero attached hydrogens (tertiary/aromatic N) is 3. The Hall–Kier alpha value is -2.40. The van der Waals surface area contributed by atoms with Crippen molar-refractivity contribution < 1.29 is 9.59 Å². The highest BCUT2D eigenvalue weighted by molar-refractivity contribution is 6.29. The second-order valence-corrected chi connectivity index (χ2v) is 6.40. The number of carbonyl (C=O) groups is 2. The minimum absolute atomic E-state index is 0.0308. The van der Waals surface area contributed by atoms with Crippen LogP contribution in [0.2, 0.25) is 5.15 Å². The predicted molar refractivity (Wildman–Crippen MR) is 94.6 cm³/mol. The summed E-state index contributed by atoms with van der Waals surface area (Å²) >= 11 is 5.81. The van der Waals surface area contributed by atoms with Gasteiger partial charge in [-0.1, -0.05) is 30.7 Å². The van der Waals surface area contributed by atoms with Gasteiger partial charge in [0.15, 0.2) is 0 Å². The maximum absolute atomic E-state index is 13.0. The number of fused-ring (bicyclic) bond motifs is 1. The van der Waals surface area contributed by atoms with E-state index in [9.17, 15) is 9.59 Å². The first-order chi connectivity index (χ1) is 11.5. The molecular weight excluding hydrogens is 326 g/mol. The van der Waals surface area contributed by atoms with Crippen molar-refractivity contribution in [1.82, 2.24) is 4.98 Å². The number of hydrogen-bond donors (Lipinski definition) is 0. The number of aromatic nitrogens is 1. The Morgan fingerprint density at radius 2 is 1.71 bits per heavy atom. The Balaban J connectivity index is 2.06. The van der Waals surface area contributed by atoms with Crippen LogP contribution < -0.4 is 9.80 Å². The van der Waals surface area contributed by atoms with Gasteiger partial charge in [-0.05, 0) is 30.2 Å². The van der Waals surface area contributed by atoms with E-state index < -0.39 is 0 Å². The van der Waals surface area contributed by atoms with E-state index >= 15 is 0 Å². The highest BCUT2D eigenvalue weighted by atomic mass is 35.5. The van der Waals surface area contributed by atoms with Gasteiger partial charge in [0.1, 0.15) is 5.15 Å². The summed E-state index contributed by atoms with van der Waals surface area (Å²) in [4.78, 5) is 32.5. The Morgan fingerprint density at radius 1 is 1.08 bits per heavy atom. The van der Waals surface area contributed by atoms with Gasteiger partial charge in [-0.3, -0.25) is 9.59 Å². The van der Waals surface area contributed by atoms with Crippen molar-refractivity contribution in [2.45, 2.75) is 13.8 Å². The fraction of sp³-hybridized carbons (Fsp3) is 0.278. The quantitative estimate of drug-likeness (QED) is 0.746. The molecule has 0 N–H and O–H groups in total. The van der Waals surface area contributed by atoms with E-state index in [2.05, 4.69) is 4.98 Å². The third-order valence-corrected chi connectivity index (χ3v) is 4.27. The van der Waals surface area contributed by atoms with Crippen LogP contribution in [0.3, 0.4) is 0 Å². The number of carbonyl (C=O) groups excluding carboxylic acids is 2. The summed E-state index contributed by atoms with van der Waals surface area (Å²) in [5.74, 6) is -0.0360. The van der Waals surface area contributed by atoms with Gasteiger partial charge in [-0.15, -0.1) is 0 Å². The van der Waals surface area contributed by atoms with Crippen molar-refractivity contribution in [2.24, 2.45) is 5.92 Å². The zero-order valence-electron chi connectivity index (χ0n) is 13.6. The Kier molecular flexibility index (Phi) is 4.53. The van der Waals surface area contributed by atoms with Crippen LogP contribution in [0.1, 0.15) is 24.2 Å². The van der Waals surface area contributed by atoms with E-state index in [4.69, 9.17) is 11.6 Å². The smallest absolute Gasteiger partial charge is 0.259 e. The van der Waals surface area contributed by atoms with E-state index in [0.717, 1.165) is 11.4 Å². The van der Waals surface area contributed by atoms with E-state index in [1.54, 1.807) is 28.9 Å². The molecule has 2 heterocycles. The molecule has 0 spiro atoms. The largest absolute Gasteiger partial charge is 0.310 e. The average Bonchev–Trinajstić information content (AvgIpc) is 2.72. The molecule has 1 atom stereocenters. The molecule has 3 rings (SSSR count). The number of pyridine rings is 1. The lowest BCUT2D eigenvalue weighted by molar-refractivity contribution is -0.116. The number of para-hydroxylation sites is 2. The summed E-state index contributed by atoms with van der Waals surface area (Å²) in [7, 11) is 0. The second kappa shape index (κ2) is 6.61. The normalized spacial score (nSPS) is 17.2. The number of hydrogen-bond acceptors (Lipinski definition) is 3. The molecule has 0 aliphatic carbocycles. The topological polar surface area (TPSA) is 53.5 Å². The highest BCUT2D eigenvalue weighted by Crippen LogP contribution is 2.34. The molecule has 5 nitrogen and oxygen atoms in total. The summed E-state index contributed by atoms with van der Waals surface area (Å²) in [6, 6.07) is 10.7. The standard InChI is InChI=1S/C18H18ClN3O2/c1-12-10-21(13(2)23)15-5-3-4-6-16(15)22(11-12)18(24)14-7-8-17(19)20-9-14/h3-9,12H,10-11H2,1-2H3. The third kappa shape index (κ3) is 3.12. The summed E-state index contributed by atoms with van der Waals surface area (Å²) in [6.07, 6.45) is 1.48. The third-order valence-electron chi connectivity index (χ3n) is 4.05. The van der Waals surface area contributed by atoms with Crippen molar-refractivity contribution in [3.8, 4) is 0 Å². The fourth-order valence-corrected chi connectivity index (χ4v) is 3.06. The lowest BCUT2D eigenvalue weighted by Crippen LogP contribution is -2.35. The maximum atomic E-state index is 13.0. The molecule has 0 fully saturated rings. The summed E-state index contributed by atoms with van der Waals surface area (Å²) < 4.78 is 0. The molecule has 6 heteroatoms. The second-order valence-electron chi connectivity index (χ2n) is 6.01. The number of benzene rings is 1. The van der Waals surface area contributed by atoms with Gasteiger partial charge in [-0.2, -0.15) is 0 Å². The van der Waals surface area contributed by atoms with Crippen LogP contribution >= 0.6 is 11.6 Å². The first kappa shape index (κ1) is 16.5. The van der Waals surface area contributed by atoms with Crippen molar-refractivity contribution in [3.63, 3.8) is 0 Å². The summed E-state index contributed by atoms with van der Waals surface area (Å²) in [5, 5.41) is 0.346. The van der Waals surface area contributed by atoms with Gasteiger partial charge in [0, 0.05) is 26.2 Å². The minimum atomic E-state index is -0.149. The van der Waals surface area contributed by atoms with Crippen LogP contribution in [0.4, 0.5) is 11.4 Å². The van der Waals surface area contributed by atoms with Crippen LogP contribution in [0, 0.1) is 5.92 Å². The van der Waals surface area contributed by atoms with E-state index in [-0.39, 0.29) is 17.7 Å². The Morgan fingerprint density at radius 3 is 2.29 bits per heavy atom. The highest BCUT2D eigenvalue weighted by Gasteiger charge is 2.30. The van der Waals surface area contributed by atoms with Gasteiger partial charge in [0.25, 0.3) is 5.91 Å². The maximum Gasteiger partial charge on any atom is 0.259 e. The van der Waals surface area contributed by atoms with Crippen molar-refractivity contribution >= 4 is 34.8 Å². The molecule has 2 aromatic rings. The van der Waals surface area contributed by atoms with Crippen molar-refractivity contribution in [3.05, 3.63) is 53.3 Å². The first-order valence-electron chi connectivity index (χ1n) is 7.78. The van der Waals surface area contributed by atoms with Gasteiger partial charge in [-0.25, -0.2) is 4.98 Å².